The molecule has 0 aliphatic carbocycles. The van der Waals surface area contributed by atoms with Crippen LogP contribution in [0.2, 0.25) is 0 Å². The van der Waals surface area contributed by atoms with Gasteiger partial charge in [-0.1, -0.05) is 24.3 Å². The lowest BCUT2D eigenvalue weighted by atomic mass is 10.1. The molecule has 2 aliphatic rings. The van der Waals surface area contributed by atoms with Crippen LogP contribution in [0.4, 0.5) is 8.78 Å². The van der Waals surface area contributed by atoms with E-state index < -0.39 is 24.9 Å². The number of benzene rings is 1. The average molecular weight is 391 g/mol. The second kappa shape index (κ2) is 9.60. The van der Waals surface area contributed by atoms with Crippen molar-refractivity contribution < 1.29 is 23.0 Å². The fourth-order valence-electron chi connectivity index (χ4n) is 3.02. The summed E-state index contributed by atoms with van der Waals surface area (Å²) in [6.45, 7) is 1.95. The lowest BCUT2D eigenvalue weighted by Crippen LogP contribution is -2.40. The first-order valence-electron chi connectivity index (χ1n) is 8.68. The lowest BCUT2D eigenvalue weighted by molar-refractivity contribution is -0.123. The third-order valence-electron chi connectivity index (χ3n) is 4.57. The Morgan fingerprint density at radius 2 is 1.88 bits per heavy atom. The van der Waals surface area contributed by atoms with Gasteiger partial charge in [0.25, 0.3) is 5.92 Å². The zero-order valence-corrected chi connectivity index (χ0v) is 15.3. The predicted molar refractivity (Wildman–Crippen MR) is 95.5 cm³/mol. The predicted octanol–water partition coefficient (Wildman–Crippen LogP) is 2.42. The molecule has 146 valence electrons. The van der Waals surface area contributed by atoms with Crippen molar-refractivity contribution in [2.45, 2.75) is 50.5 Å². The molecule has 26 heavy (non-hydrogen) atoms. The van der Waals surface area contributed by atoms with Crippen LogP contribution in [-0.4, -0.2) is 43.7 Å². The Morgan fingerprint density at radius 3 is 2.50 bits per heavy atom. The van der Waals surface area contributed by atoms with Crippen molar-refractivity contribution in [2.75, 3.05) is 19.8 Å². The van der Waals surface area contributed by atoms with Gasteiger partial charge in [0.1, 0.15) is 0 Å². The van der Waals surface area contributed by atoms with E-state index in [1.54, 1.807) is 0 Å². The molecular formula is C18H25ClF2N2O3. The fourth-order valence-corrected chi connectivity index (χ4v) is 3.02. The van der Waals surface area contributed by atoms with Crippen molar-refractivity contribution in [3.63, 3.8) is 0 Å². The molecule has 0 aromatic heterocycles. The summed E-state index contributed by atoms with van der Waals surface area (Å²) < 4.78 is 37.4. The van der Waals surface area contributed by atoms with Gasteiger partial charge in [-0.05, 0) is 24.0 Å². The van der Waals surface area contributed by atoms with Gasteiger partial charge in [0, 0.05) is 26.2 Å². The summed E-state index contributed by atoms with van der Waals surface area (Å²) >= 11 is 0. The Hall–Kier alpha value is -1.28. The third kappa shape index (κ3) is 6.16. The van der Waals surface area contributed by atoms with Crippen molar-refractivity contribution in [1.82, 2.24) is 10.6 Å². The van der Waals surface area contributed by atoms with Gasteiger partial charge >= 0.3 is 0 Å². The van der Waals surface area contributed by atoms with Crippen LogP contribution in [0.5, 0.6) is 0 Å². The van der Waals surface area contributed by atoms with Crippen LogP contribution in [0.25, 0.3) is 0 Å². The van der Waals surface area contributed by atoms with Crippen LogP contribution < -0.4 is 10.6 Å². The number of carbonyl (C=O) groups excluding carboxylic acids is 1. The Kier molecular flexibility index (Phi) is 7.76. The molecule has 2 aliphatic heterocycles. The van der Waals surface area contributed by atoms with E-state index in [0.29, 0.717) is 13.2 Å². The summed E-state index contributed by atoms with van der Waals surface area (Å²) in [4.78, 5) is 11.9. The number of nitrogens with one attached hydrogen (secondary N) is 2. The van der Waals surface area contributed by atoms with Crippen molar-refractivity contribution in [3.05, 3.63) is 35.4 Å². The standard InChI is InChI=1S/C18H24F2N2O3.ClH/c19-18(20)9-16(22-12-18)17(23)21-10-13-1-3-14(4-2-13)11-25-15-5-7-24-8-6-15;/h1-4,15-16,22H,5-12H2,(H,21,23);1H. The third-order valence-corrected chi connectivity index (χ3v) is 4.57. The van der Waals surface area contributed by atoms with Gasteiger partial charge in [-0.25, -0.2) is 8.78 Å². The quantitative estimate of drug-likeness (QED) is 0.783. The van der Waals surface area contributed by atoms with E-state index in [9.17, 15) is 13.6 Å². The van der Waals surface area contributed by atoms with Crippen LogP contribution >= 0.6 is 12.4 Å². The number of ether oxygens (including phenoxy) is 2. The van der Waals surface area contributed by atoms with Crippen LogP contribution in [0.3, 0.4) is 0 Å². The van der Waals surface area contributed by atoms with Crippen LogP contribution in [0, 0.1) is 0 Å². The first-order chi connectivity index (χ1) is 12.0. The number of halogens is 3. The summed E-state index contributed by atoms with van der Waals surface area (Å²) in [5.74, 6) is -3.18. The van der Waals surface area contributed by atoms with E-state index in [-0.39, 0.29) is 24.4 Å². The summed E-state index contributed by atoms with van der Waals surface area (Å²) in [5.41, 5.74) is 1.99. The molecule has 1 unspecified atom stereocenters. The molecule has 0 spiro atoms. The fraction of sp³-hybridized carbons (Fsp3) is 0.611. The first-order valence-corrected chi connectivity index (χ1v) is 8.68. The van der Waals surface area contributed by atoms with E-state index in [0.717, 1.165) is 37.2 Å². The highest BCUT2D eigenvalue weighted by Crippen LogP contribution is 2.25. The maximum Gasteiger partial charge on any atom is 0.262 e. The van der Waals surface area contributed by atoms with E-state index in [1.807, 2.05) is 24.3 Å². The van der Waals surface area contributed by atoms with Crippen LogP contribution in [-0.2, 0) is 27.4 Å². The maximum absolute atomic E-state index is 13.1. The zero-order valence-electron chi connectivity index (χ0n) is 14.5. The molecule has 5 nitrogen and oxygen atoms in total. The number of alkyl halides is 2. The van der Waals surface area contributed by atoms with Crippen LogP contribution in [0.1, 0.15) is 30.4 Å². The average Bonchev–Trinajstić information content (AvgIpc) is 3.00. The van der Waals surface area contributed by atoms with Crippen molar-refractivity contribution in [2.24, 2.45) is 0 Å². The molecule has 2 saturated heterocycles. The molecule has 1 atom stereocenters. The van der Waals surface area contributed by atoms with E-state index in [4.69, 9.17) is 9.47 Å². The largest absolute Gasteiger partial charge is 0.381 e. The van der Waals surface area contributed by atoms with Gasteiger partial charge in [-0.15, -0.1) is 12.4 Å². The number of hydrogen-bond donors (Lipinski definition) is 2. The molecule has 0 saturated carbocycles. The summed E-state index contributed by atoms with van der Waals surface area (Å²) in [5, 5.41) is 5.25. The number of amides is 1. The minimum Gasteiger partial charge on any atom is -0.381 e. The van der Waals surface area contributed by atoms with Crippen molar-refractivity contribution in [3.8, 4) is 0 Å². The van der Waals surface area contributed by atoms with Gasteiger partial charge in [-0.3, -0.25) is 10.1 Å². The molecule has 2 fully saturated rings. The molecular weight excluding hydrogens is 366 g/mol. The molecule has 2 N–H and O–H groups in total. The minimum absolute atomic E-state index is 0. The number of rotatable bonds is 6. The molecule has 1 aromatic rings. The summed E-state index contributed by atoms with van der Waals surface area (Å²) in [7, 11) is 0. The highest BCUT2D eigenvalue weighted by Gasteiger charge is 2.42. The second-order valence-corrected chi connectivity index (χ2v) is 6.65. The highest BCUT2D eigenvalue weighted by molar-refractivity contribution is 5.85. The smallest absolute Gasteiger partial charge is 0.262 e. The van der Waals surface area contributed by atoms with Crippen molar-refractivity contribution >= 4 is 18.3 Å². The monoisotopic (exact) mass is 390 g/mol. The Bertz CT molecular complexity index is 580. The Labute approximate surface area is 158 Å². The summed E-state index contributed by atoms with van der Waals surface area (Å²) in [6, 6.07) is 6.94. The molecule has 3 rings (SSSR count). The molecule has 1 aromatic carbocycles. The van der Waals surface area contributed by atoms with E-state index in [2.05, 4.69) is 10.6 Å². The van der Waals surface area contributed by atoms with Gasteiger partial charge in [0.15, 0.2) is 0 Å². The Balaban J connectivity index is 0.00000243. The van der Waals surface area contributed by atoms with E-state index in [1.165, 1.54) is 0 Å². The molecule has 2 heterocycles. The highest BCUT2D eigenvalue weighted by atomic mass is 35.5. The maximum atomic E-state index is 13.1. The van der Waals surface area contributed by atoms with Crippen molar-refractivity contribution in [1.29, 1.82) is 0 Å². The van der Waals surface area contributed by atoms with Gasteiger partial charge in [0.2, 0.25) is 5.91 Å². The molecule has 0 radical (unpaired) electrons. The molecule has 8 heteroatoms. The molecule has 0 bridgehead atoms. The minimum atomic E-state index is -2.80. The lowest BCUT2D eigenvalue weighted by Gasteiger charge is -2.22. The SMILES string of the molecule is Cl.O=C(NCc1ccc(COC2CCOCC2)cc1)C1CC(F)(F)CN1. The van der Waals surface area contributed by atoms with Crippen LogP contribution in [0.15, 0.2) is 24.3 Å². The zero-order chi connectivity index (χ0) is 17.7. The number of carbonyl (C=O) groups is 1. The molecule has 1 amide bonds. The number of hydrogen-bond acceptors (Lipinski definition) is 4. The summed E-state index contributed by atoms with van der Waals surface area (Å²) in [6.07, 6.45) is 1.67. The second-order valence-electron chi connectivity index (χ2n) is 6.65. The topological polar surface area (TPSA) is 59.6 Å². The Morgan fingerprint density at radius 1 is 1.23 bits per heavy atom. The van der Waals surface area contributed by atoms with Gasteiger partial charge < -0.3 is 14.8 Å². The first kappa shape index (κ1) is 21.0. The normalized spacial score (nSPS) is 22.6. The van der Waals surface area contributed by atoms with Gasteiger partial charge in [-0.2, -0.15) is 0 Å². The van der Waals surface area contributed by atoms with Gasteiger partial charge in [0.05, 0.1) is 25.3 Å². The van der Waals surface area contributed by atoms with E-state index >= 15 is 0 Å².